The van der Waals surface area contributed by atoms with Crippen LogP contribution in [0.15, 0.2) is 42.5 Å². The van der Waals surface area contributed by atoms with E-state index >= 15 is 0 Å². The molecule has 194 valence electrons. The third-order valence-electron chi connectivity index (χ3n) is 5.83. The summed E-state index contributed by atoms with van der Waals surface area (Å²) in [5, 5.41) is 10.4. The lowest BCUT2D eigenvalue weighted by Crippen LogP contribution is -2.52. The number of nitrogens with one attached hydrogen (secondary N) is 4. The average Bonchev–Trinajstić information content (AvgIpc) is 3.13. The van der Waals surface area contributed by atoms with Gasteiger partial charge in [0.25, 0.3) is 5.91 Å². The summed E-state index contributed by atoms with van der Waals surface area (Å²) in [7, 11) is 0. The van der Waals surface area contributed by atoms with E-state index in [0.717, 1.165) is 11.1 Å². The van der Waals surface area contributed by atoms with E-state index < -0.39 is 29.7 Å². The van der Waals surface area contributed by atoms with E-state index in [2.05, 4.69) is 21.3 Å². The van der Waals surface area contributed by atoms with Crippen LogP contribution in [0.25, 0.3) is 0 Å². The number of carbonyl (C=O) groups is 5. The first-order valence-corrected chi connectivity index (χ1v) is 11.9. The fourth-order valence-electron chi connectivity index (χ4n) is 4.15. The molecule has 2 aliphatic rings. The van der Waals surface area contributed by atoms with E-state index in [1.54, 1.807) is 57.2 Å². The van der Waals surface area contributed by atoms with E-state index in [1.165, 1.54) is 4.90 Å². The lowest BCUT2D eigenvalue weighted by atomic mass is 10.0. The van der Waals surface area contributed by atoms with Gasteiger partial charge in [0.1, 0.15) is 11.6 Å². The summed E-state index contributed by atoms with van der Waals surface area (Å²) in [6.45, 7) is 5.82. The van der Waals surface area contributed by atoms with Gasteiger partial charge in [-0.05, 0) is 68.7 Å². The molecule has 2 heterocycles. The highest BCUT2D eigenvalue weighted by atomic mass is 16.6. The summed E-state index contributed by atoms with van der Waals surface area (Å²) in [5.74, 6) is -1.03. The summed E-state index contributed by atoms with van der Waals surface area (Å²) < 4.78 is 5.21. The smallest absolute Gasteiger partial charge is 0.412 e. The number of imide groups is 1. The van der Waals surface area contributed by atoms with Gasteiger partial charge < -0.3 is 20.3 Å². The Labute approximate surface area is 213 Å². The molecular weight excluding hydrogens is 478 g/mol. The Balaban J connectivity index is 1.28. The Morgan fingerprint density at radius 2 is 1.70 bits per heavy atom. The number of hydrogen-bond acceptors (Lipinski definition) is 6. The maximum atomic E-state index is 12.8. The number of urea groups is 1. The number of ether oxygens (including phenoxy) is 1. The lowest BCUT2D eigenvalue weighted by Gasteiger charge is -2.29. The second kappa shape index (κ2) is 10.3. The number of nitrogens with zero attached hydrogens (tertiary/aromatic N) is 1. The Morgan fingerprint density at radius 3 is 2.35 bits per heavy atom. The number of rotatable bonds is 5. The Kier molecular flexibility index (Phi) is 7.14. The molecule has 6 amide bonds. The topological polar surface area (TPSA) is 146 Å². The molecule has 0 aliphatic carbocycles. The van der Waals surface area contributed by atoms with Gasteiger partial charge in [-0.25, -0.2) is 9.59 Å². The van der Waals surface area contributed by atoms with Crippen LogP contribution in [0.4, 0.5) is 21.0 Å². The van der Waals surface area contributed by atoms with Crippen LogP contribution in [-0.2, 0) is 27.4 Å². The normalized spacial score (nSPS) is 17.1. The summed E-state index contributed by atoms with van der Waals surface area (Å²) in [6, 6.07) is 10.8. The first-order valence-electron chi connectivity index (χ1n) is 11.9. The van der Waals surface area contributed by atoms with Crippen molar-refractivity contribution in [2.24, 2.45) is 0 Å². The summed E-state index contributed by atoms with van der Waals surface area (Å²) >= 11 is 0. The minimum absolute atomic E-state index is 0.198. The molecule has 11 nitrogen and oxygen atoms in total. The quantitative estimate of drug-likeness (QED) is 0.458. The molecule has 0 aromatic heterocycles. The van der Waals surface area contributed by atoms with E-state index in [9.17, 15) is 24.0 Å². The van der Waals surface area contributed by atoms with E-state index in [1.807, 2.05) is 6.07 Å². The molecule has 0 spiro atoms. The maximum absolute atomic E-state index is 12.8. The van der Waals surface area contributed by atoms with Gasteiger partial charge in [0.15, 0.2) is 0 Å². The molecule has 1 unspecified atom stereocenters. The zero-order chi connectivity index (χ0) is 26.7. The van der Waals surface area contributed by atoms with Crippen LogP contribution in [0.2, 0.25) is 0 Å². The van der Waals surface area contributed by atoms with E-state index in [-0.39, 0.29) is 31.3 Å². The first kappa shape index (κ1) is 25.7. The van der Waals surface area contributed by atoms with Crippen LogP contribution in [0, 0.1) is 0 Å². The van der Waals surface area contributed by atoms with Crippen LogP contribution < -0.4 is 21.3 Å². The predicted octanol–water partition coefficient (Wildman–Crippen LogP) is 3.12. The fourth-order valence-corrected chi connectivity index (χ4v) is 4.15. The van der Waals surface area contributed by atoms with Crippen molar-refractivity contribution in [1.82, 2.24) is 15.5 Å². The molecule has 2 aromatic carbocycles. The van der Waals surface area contributed by atoms with E-state index in [4.69, 9.17) is 4.74 Å². The summed E-state index contributed by atoms with van der Waals surface area (Å²) in [6.07, 6.45) is -0.0666. The van der Waals surface area contributed by atoms with Gasteiger partial charge in [-0.1, -0.05) is 12.1 Å². The molecule has 2 aliphatic heterocycles. The highest BCUT2D eigenvalue weighted by molar-refractivity contribution is 6.05. The predicted molar refractivity (Wildman–Crippen MR) is 135 cm³/mol. The first-order chi connectivity index (χ1) is 17.5. The standard InChI is InChI=1S/C26H29N5O6/c1-26(2,3)37-25(36)29-18-7-5-17(6-8-18)28-24(35)27-13-15-4-9-19-16(12-15)14-31(23(19)34)20-10-11-21(32)30-22(20)33/h4-9,12,20H,10-11,13-14H2,1-3H3,(H,29,36)(H2,27,28,35)(H,30,32,33). The molecule has 2 aromatic rings. The van der Waals surface area contributed by atoms with Gasteiger partial charge >= 0.3 is 12.1 Å². The zero-order valence-corrected chi connectivity index (χ0v) is 20.8. The number of piperidine rings is 1. The van der Waals surface area contributed by atoms with Gasteiger partial charge in [-0.15, -0.1) is 0 Å². The van der Waals surface area contributed by atoms with Crippen LogP contribution >= 0.6 is 0 Å². The lowest BCUT2D eigenvalue weighted by molar-refractivity contribution is -0.136. The van der Waals surface area contributed by atoms with Crippen molar-refractivity contribution in [3.8, 4) is 0 Å². The number of fused-ring (bicyclic) bond motifs is 1. The minimum Gasteiger partial charge on any atom is -0.444 e. The molecule has 4 rings (SSSR count). The van der Waals surface area contributed by atoms with E-state index in [0.29, 0.717) is 23.4 Å². The maximum Gasteiger partial charge on any atom is 0.412 e. The molecular formula is C26H29N5O6. The minimum atomic E-state index is -0.671. The molecule has 1 fully saturated rings. The molecule has 11 heteroatoms. The molecule has 0 bridgehead atoms. The Hall–Kier alpha value is -4.41. The van der Waals surface area contributed by atoms with Gasteiger partial charge in [-0.3, -0.25) is 25.0 Å². The summed E-state index contributed by atoms with van der Waals surface area (Å²) in [5.41, 5.74) is 2.53. The van der Waals surface area contributed by atoms with Crippen molar-refractivity contribution >= 4 is 41.2 Å². The van der Waals surface area contributed by atoms with Crippen molar-refractivity contribution in [3.05, 3.63) is 59.2 Å². The molecule has 0 saturated carbocycles. The number of amides is 6. The second-order valence-corrected chi connectivity index (χ2v) is 9.90. The average molecular weight is 508 g/mol. The zero-order valence-electron chi connectivity index (χ0n) is 20.8. The third-order valence-corrected chi connectivity index (χ3v) is 5.83. The van der Waals surface area contributed by atoms with Crippen molar-refractivity contribution < 1.29 is 28.7 Å². The van der Waals surface area contributed by atoms with Crippen molar-refractivity contribution in [2.45, 2.75) is 58.3 Å². The van der Waals surface area contributed by atoms with Gasteiger partial charge in [0.2, 0.25) is 11.8 Å². The number of hydrogen-bond donors (Lipinski definition) is 4. The van der Waals surface area contributed by atoms with Gasteiger partial charge in [-0.2, -0.15) is 0 Å². The molecule has 0 radical (unpaired) electrons. The highest BCUT2D eigenvalue weighted by Gasteiger charge is 2.39. The van der Waals surface area contributed by atoms with Crippen molar-refractivity contribution in [3.63, 3.8) is 0 Å². The van der Waals surface area contributed by atoms with Crippen LogP contribution in [0.3, 0.4) is 0 Å². The van der Waals surface area contributed by atoms with Crippen molar-refractivity contribution in [2.75, 3.05) is 10.6 Å². The molecule has 1 saturated heterocycles. The number of anilines is 2. The van der Waals surface area contributed by atoms with Crippen LogP contribution in [0.1, 0.15) is 55.1 Å². The molecule has 37 heavy (non-hydrogen) atoms. The van der Waals surface area contributed by atoms with Gasteiger partial charge in [0.05, 0.1) is 0 Å². The largest absolute Gasteiger partial charge is 0.444 e. The third kappa shape index (κ3) is 6.43. The molecule has 1 atom stereocenters. The number of benzene rings is 2. The number of carbonyl (C=O) groups excluding carboxylic acids is 5. The Morgan fingerprint density at radius 1 is 1.03 bits per heavy atom. The highest BCUT2D eigenvalue weighted by Crippen LogP contribution is 2.28. The van der Waals surface area contributed by atoms with Crippen LogP contribution in [0.5, 0.6) is 0 Å². The van der Waals surface area contributed by atoms with Crippen LogP contribution in [-0.4, -0.2) is 46.4 Å². The summed E-state index contributed by atoms with van der Waals surface area (Å²) in [4.78, 5) is 62.1. The Bertz CT molecular complexity index is 1250. The second-order valence-electron chi connectivity index (χ2n) is 9.90. The molecule has 4 N–H and O–H groups in total. The van der Waals surface area contributed by atoms with Gasteiger partial charge in [0, 0.05) is 36.4 Å². The SMILES string of the molecule is CC(C)(C)OC(=O)Nc1ccc(NC(=O)NCc2ccc3c(c2)CN(C2CCC(=O)NC2=O)C3=O)cc1. The van der Waals surface area contributed by atoms with Crippen molar-refractivity contribution in [1.29, 1.82) is 0 Å². The fraction of sp³-hybridized carbons (Fsp3) is 0.346. The monoisotopic (exact) mass is 507 g/mol.